The maximum Gasteiger partial charge on any atom is 0.177 e. The molecule has 3 rings (SSSR count). The smallest absolute Gasteiger partial charge is 0.177 e. The van der Waals surface area contributed by atoms with E-state index in [1.165, 1.54) is 18.4 Å². The maximum atomic E-state index is 9.28. The molecule has 1 aromatic heterocycles. The average Bonchev–Trinajstić information content (AvgIpc) is 3.23. The fourth-order valence-corrected chi connectivity index (χ4v) is 2.35. The average molecular weight is 277 g/mol. The van der Waals surface area contributed by atoms with Crippen molar-refractivity contribution in [2.75, 3.05) is 0 Å². The lowest BCUT2D eigenvalue weighted by Crippen LogP contribution is -2.17. The van der Waals surface area contributed by atoms with E-state index in [0.29, 0.717) is 6.04 Å². The number of aromatic nitrogens is 2. The Bertz CT molecular complexity index is 756. The highest BCUT2D eigenvalue weighted by Crippen LogP contribution is 2.23. The van der Waals surface area contributed by atoms with Crippen molar-refractivity contribution in [3.05, 3.63) is 47.0 Å². The molecule has 0 spiro atoms. The maximum absolute atomic E-state index is 9.28. The number of nitrogens with one attached hydrogen (secondary N) is 1. The monoisotopic (exact) mass is 277 g/mol. The first-order valence-electron chi connectivity index (χ1n) is 6.93. The molecule has 104 valence electrons. The highest BCUT2D eigenvalue weighted by atomic mass is 15.1. The third kappa shape index (κ3) is 2.65. The van der Waals surface area contributed by atoms with Gasteiger partial charge >= 0.3 is 0 Å². The van der Waals surface area contributed by atoms with Crippen molar-refractivity contribution in [1.82, 2.24) is 14.9 Å². The minimum absolute atomic E-state index is 0.166. The Kier molecular flexibility index (Phi) is 3.43. The normalized spacial score (nSPS) is 13.7. The molecule has 1 saturated carbocycles. The summed E-state index contributed by atoms with van der Waals surface area (Å²) in [5, 5.41) is 21.8. The standard InChI is InChI=1S/C16H15N5/c1-11-2-5-15(12(6-11)9-19-13-3-4-13)21-10-20-14(7-17)16(21)8-18/h2,5-6,10,13,19H,3-4,9H2,1H3. The van der Waals surface area contributed by atoms with Crippen LogP contribution < -0.4 is 5.32 Å². The van der Waals surface area contributed by atoms with Crippen molar-refractivity contribution in [3.8, 4) is 17.8 Å². The number of nitrogens with zero attached hydrogens (tertiary/aromatic N) is 4. The Morgan fingerprint density at radius 2 is 2.14 bits per heavy atom. The molecule has 1 N–H and O–H groups in total. The van der Waals surface area contributed by atoms with Crippen molar-refractivity contribution in [1.29, 1.82) is 10.5 Å². The van der Waals surface area contributed by atoms with Gasteiger partial charge in [0.2, 0.25) is 0 Å². The van der Waals surface area contributed by atoms with E-state index in [1.54, 1.807) is 10.9 Å². The van der Waals surface area contributed by atoms with Crippen LogP contribution in [0.3, 0.4) is 0 Å². The van der Waals surface area contributed by atoms with E-state index in [4.69, 9.17) is 5.26 Å². The molecule has 0 radical (unpaired) electrons. The summed E-state index contributed by atoms with van der Waals surface area (Å²) in [6.07, 6.45) is 4.00. The van der Waals surface area contributed by atoms with E-state index in [2.05, 4.69) is 22.4 Å². The molecule has 5 heteroatoms. The van der Waals surface area contributed by atoms with Crippen LogP contribution in [0.15, 0.2) is 24.5 Å². The van der Waals surface area contributed by atoms with Crippen molar-refractivity contribution < 1.29 is 0 Å². The zero-order chi connectivity index (χ0) is 14.8. The topological polar surface area (TPSA) is 77.4 Å². The third-order valence-electron chi connectivity index (χ3n) is 3.63. The van der Waals surface area contributed by atoms with E-state index >= 15 is 0 Å². The summed E-state index contributed by atoms with van der Waals surface area (Å²) >= 11 is 0. The van der Waals surface area contributed by atoms with E-state index in [9.17, 15) is 5.26 Å². The molecule has 2 aromatic rings. The molecule has 1 fully saturated rings. The largest absolute Gasteiger partial charge is 0.310 e. The third-order valence-corrected chi connectivity index (χ3v) is 3.63. The van der Waals surface area contributed by atoms with Gasteiger partial charge in [-0.25, -0.2) is 4.98 Å². The van der Waals surface area contributed by atoms with Gasteiger partial charge < -0.3 is 5.32 Å². The number of rotatable bonds is 4. The molecule has 0 atom stereocenters. The van der Waals surface area contributed by atoms with E-state index in [-0.39, 0.29) is 11.4 Å². The number of hydrogen-bond acceptors (Lipinski definition) is 4. The van der Waals surface area contributed by atoms with E-state index in [0.717, 1.165) is 17.8 Å². The predicted molar refractivity (Wildman–Crippen MR) is 77.6 cm³/mol. The second-order valence-corrected chi connectivity index (χ2v) is 5.32. The van der Waals surface area contributed by atoms with Gasteiger partial charge in [0.25, 0.3) is 0 Å². The lowest BCUT2D eigenvalue weighted by molar-refractivity contribution is 0.684. The minimum Gasteiger partial charge on any atom is -0.310 e. The summed E-state index contributed by atoms with van der Waals surface area (Å²) in [6, 6.07) is 10.7. The summed E-state index contributed by atoms with van der Waals surface area (Å²) < 4.78 is 1.70. The number of imidazole rings is 1. The van der Waals surface area contributed by atoms with Gasteiger partial charge in [-0.1, -0.05) is 17.7 Å². The molecule has 1 aliphatic rings. The van der Waals surface area contributed by atoms with Crippen LogP contribution in [0.2, 0.25) is 0 Å². The molecular formula is C16H15N5. The number of benzene rings is 1. The Hall–Kier alpha value is -2.63. The number of aryl methyl sites for hydroxylation is 1. The summed E-state index contributed by atoms with van der Waals surface area (Å²) in [6.45, 7) is 2.80. The molecule has 1 aliphatic carbocycles. The molecule has 0 bridgehead atoms. The van der Waals surface area contributed by atoms with Gasteiger partial charge in [0, 0.05) is 12.6 Å². The van der Waals surface area contributed by atoms with Crippen LogP contribution in [-0.4, -0.2) is 15.6 Å². The quantitative estimate of drug-likeness (QED) is 0.929. The predicted octanol–water partition coefficient (Wildman–Crippen LogP) is 2.18. The highest BCUT2D eigenvalue weighted by molar-refractivity contribution is 5.49. The Morgan fingerprint density at radius 3 is 2.81 bits per heavy atom. The van der Waals surface area contributed by atoms with Crippen LogP contribution in [0.25, 0.3) is 5.69 Å². The number of nitriles is 2. The van der Waals surface area contributed by atoms with Crippen molar-refractivity contribution in [2.24, 2.45) is 0 Å². The first kappa shape index (κ1) is 13.4. The molecule has 21 heavy (non-hydrogen) atoms. The minimum atomic E-state index is 0.166. The summed E-state index contributed by atoms with van der Waals surface area (Å²) in [4.78, 5) is 4.01. The zero-order valence-electron chi connectivity index (χ0n) is 11.8. The van der Waals surface area contributed by atoms with Crippen LogP contribution in [-0.2, 0) is 6.54 Å². The van der Waals surface area contributed by atoms with Crippen LogP contribution in [0.1, 0.15) is 35.4 Å². The summed E-state index contributed by atoms with van der Waals surface area (Å²) in [5.74, 6) is 0. The van der Waals surface area contributed by atoms with E-state index < -0.39 is 0 Å². The molecule has 0 aliphatic heterocycles. The second-order valence-electron chi connectivity index (χ2n) is 5.32. The Balaban J connectivity index is 2.03. The molecule has 0 amide bonds. The van der Waals surface area contributed by atoms with Gasteiger partial charge in [-0.15, -0.1) is 0 Å². The molecule has 5 nitrogen and oxygen atoms in total. The lowest BCUT2D eigenvalue weighted by Gasteiger charge is -2.13. The van der Waals surface area contributed by atoms with Crippen molar-refractivity contribution in [2.45, 2.75) is 32.4 Å². The molecule has 1 heterocycles. The fourth-order valence-electron chi connectivity index (χ4n) is 2.35. The van der Waals surface area contributed by atoms with Gasteiger partial charge in [-0.3, -0.25) is 4.57 Å². The first-order chi connectivity index (χ1) is 10.2. The SMILES string of the molecule is Cc1ccc(-n2cnc(C#N)c2C#N)c(CNC2CC2)c1. The van der Waals surface area contributed by atoms with Gasteiger partial charge in [0.05, 0.1) is 5.69 Å². The van der Waals surface area contributed by atoms with Crippen molar-refractivity contribution in [3.63, 3.8) is 0 Å². The van der Waals surface area contributed by atoms with Crippen LogP contribution in [0.4, 0.5) is 0 Å². The molecule has 1 aromatic carbocycles. The summed E-state index contributed by atoms with van der Waals surface area (Å²) in [5.41, 5.74) is 3.64. The molecular weight excluding hydrogens is 262 g/mol. The zero-order valence-corrected chi connectivity index (χ0v) is 11.8. The van der Waals surface area contributed by atoms with Crippen LogP contribution in [0.5, 0.6) is 0 Å². The van der Waals surface area contributed by atoms with Gasteiger partial charge in [0.15, 0.2) is 11.4 Å². The lowest BCUT2D eigenvalue weighted by atomic mass is 10.1. The molecule has 0 unspecified atom stereocenters. The van der Waals surface area contributed by atoms with Gasteiger partial charge in [-0.05, 0) is 31.4 Å². The fraction of sp³-hybridized carbons (Fsp3) is 0.312. The molecule has 0 saturated heterocycles. The van der Waals surface area contributed by atoms with Crippen molar-refractivity contribution >= 4 is 0 Å². The number of hydrogen-bond donors (Lipinski definition) is 1. The van der Waals surface area contributed by atoms with E-state index in [1.807, 2.05) is 25.1 Å². The van der Waals surface area contributed by atoms with Gasteiger partial charge in [-0.2, -0.15) is 10.5 Å². The summed E-state index contributed by atoms with van der Waals surface area (Å²) in [7, 11) is 0. The van der Waals surface area contributed by atoms with Crippen LogP contribution in [0, 0.1) is 29.6 Å². The highest BCUT2D eigenvalue weighted by Gasteiger charge is 2.21. The van der Waals surface area contributed by atoms with Crippen LogP contribution >= 0.6 is 0 Å². The Labute approximate surface area is 123 Å². The first-order valence-corrected chi connectivity index (χ1v) is 6.93. The van der Waals surface area contributed by atoms with Gasteiger partial charge in [0.1, 0.15) is 18.5 Å². The Morgan fingerprint density at radius 1 is 1.33 bits per heavy atom. The second kappa shape index (κ2) is 5.40.